The minimum absolute atomic E-state index is 0.0210. The minimum atomic E-state index is -0.534. The van der Waals surface area contributed by atoms with E-state index in [2.05, 4.69) is 9.88 Å². The number of hydrogen-bond donors (Lipinski definition) is 0. The molecule has 2 amide bonds. The summed E-state index contributed by atoms with van der Waals surface area (Å²) in [5.41, 5.74) is 0. The molecule has 0 bridgehead atoms. The lowest BCUT2D eigenvalue weighted by Gasteiger charge is -2.25. The molecule has 0 spiro atoms. The molecule has 2 rings (SSSR count). The summed E-state index contributed by atoms with van der Waals surface area (Å²) in [7, 11) is 0. The Hall–Kier alpha value is -2.49. The summed E-state index contributed by atoms with van der Waals surface area (Å²) in [6, 6.07) is 0. The summed E-state index contributed by atoms with van der Waals surface area (Å²) >= 11 is 0. The van der Waals surface area contributed by atoms with E-state index in [1.54, 1.807) is 11.5 Å². The van der Waals surface area contributed by atoms with Crippen LogP contribution in [0.15, 0.2) is 6.20 Å². The Morgan fingerprint density at radius 1 is 1.21 bits per heavy atom. The van der Waals surface area contributed by atoms with E-state index in [-0.39, 0.29) is 24.1 Å². The Balaban J connectivity index is 1.83. The van der Waals surface area contributed by atoms with E-state index in [0.717, 1.165) is 13.0 Å². The molecule has 0 aliphatic carbocycles. The lowest BCUT2D eigenvalue weighted by Crippen LogP contribution is -2.42. The molecule has 0 unspecified atom stereocenters. The highest BCUT2D eigenvalue weighted by molar-refractivity contribution is 5.78. The van der Waals surface area contributed by atoms with E-state index in [0.29, 0.717) is 51.6 Å². The van der Waals surface area contributed by atoms with E-state index in [1.807, 2.05) is 23.6 Å². The molecule has 0 N–H and O–H groups in total. The molecule has 1 saturated heterocycles. The fraction of sp³-hybridized carbons (Fsp3) is 0.722. The maximum atomic E-state index is 12.6. The average molecular weight is 394 g/mol. The highest BCUT2D eigenvalue weighted by Crippen LogP contribution is 2.12. The zero-order valence-corrected chi connectivity index (χ0v) is 17.0. The van der Waals surface area contributed by atoms with Crippen molar-refractivity contribution >= 4 is 17.6 Å². The van der Waals surface area contributed by atoms with Crippen LogP contribution < -0.4 is 0 Å². The molecule has 1 aromatic rings. The molecule has 10 heteroatoms. The molecule has 1 aliphatic heterocycles. The van der Waals surface area contributed by atoms with Crippen molar-refractivity contribution < 1.29 is 14.5 Å². The number of aryl methyl sites for hydroxylation is 2. The van der Waals surface area contributed by atoms with Gasteiger partial charge < -0.3 is 24.5 Å². The molecule has 0 saturated carbocycles. The third-order valence-corrected chi connectivity index (χ3v) is 5.13. The third-order valence-electron chi connectivity index (χ3n) is 5.13. The first-order valence-corrected chi connectivity index (χ1v) is 9.81. The third kappa shape index (κ3) is 5.75. The SMILES string of the molecule is CCN(CC)C(=O)CN1CCCN(C(=O)CCn2cc([N+](=O)[O-])nc2C)CC1. The Morgan fingerprint density at radius 2 is 1.93 bits per heavy atom. The van der Waals surface area contributed by atoms with Gasteiger partial charge in [0.25, 0.3) is 0 Å². The molecule has 0 atom stereocenters. The molecule has 1 fully saturated rings. The average Bonchev–Trinajstić information content (AvgIpc) is 2.88. The summed E-state index contributed by atoms with van der Waals surface area (Å²) in [6.45, 7) is 10.5. The molecule has 0 radical (unpaired) electrons. The second-order valence-electron chi connectivity index (χ2n) is 6.92. The second-order valence-corrected chi connectivity index (χ2v) is 6.92. The number of nitrogens with zero attached hydrogens (tertiary/aromatic N) is 6. The maximum Gasteiger partial charge on any atom is 0.381 e. The van der Waals surface area contributed by atoms with Crippen molar-refractivity contribution in [1.29, 1.82) is 0 Å². The van der Waals surface area contributed by atoms with Gasteiger partial charge in [0.15, 0.2) is 0 Å². The van der Waals surface area contributed by atoms with Crippen molar-refractivity contribution in [2.24, 2.45) is 0 Å². The highest BCUT2D eigenvalue weighted by atomic mass is 16.6. The van der Waals surface area contributed by atoms with Crippen LogP contribution in [0.3, 0.4) is 0 Å². The van der Waals surface area contributed by atoms with Gasteiger partial charge in [-0.15, -0.1) is 0 Å². The van der Waals surface area contributed by atoms with Gasteiger partial charge in [0, 0.05) is 59.2 Å². The molecule has 1 aliphatic rings. The summed E-state index contributed by atoms with van der Waals surface area (Å²) in [6.07, 6.45) is 2.46. The van der Waals surface area contributed by atoms with Crippen LogP contribution in [-0.2, 0) is 16.1 Å². The van der Waals surface area contributed by atoms with E-state index in [4.69, 9.17) is 0 Å². The Kier molecular flexibility index (Phi) is 7.91. The number of carbonyl (C=O) groups is 2. The van der Waals surface area contributed by atoms with Crippen molar-refractivity contribution in [2.75, 3.05) is 45.8 Å². The number of rotatable bonds is 8. The van der Waals surface area contributed by atoms with E-state index in [1.165, 1.54) is 6.20 Å². The van der Waals surface area contributed by atoms with Gasteiger partial charge in [0.2, 0.25) is 17.6 Å². The first kappa shape index (κ1) is 21.8. The second kappa shape index (κ2) is 10.2. The number of carbonyl (C=O) groups excluding carboxylic acids is 2. The standard InChI is InChI=1S/C18H30N6O4/c1-4-21(5-2)18(26)14-20-8-6-9-22(12-11-20)17(25)7-10-23-13-16(24(27)28)19-15(23)3/h13H,4-12,14H2,1-3H3. The molecule has 2 heterocycles. The zero-order valence-electron chi connectivity index (χ0n) is 17.0. The molecule has 156 valence electrons. The number of imidazole rings is 1. The molecule has 10 nitrogen and oxygen atoms in total. The topological polar surface area (TPSA) is 105 Å². The van der Waals surface area contributed by atoms with Crippen molar-refractivity contribution in [3.8, 4) is 0 Å². The normalized spacial score (nSPS) is 15.3. The lowest BCUT2D eigenvalue weighted by atomic mass is 10.3. The van der Waals surface area contributed by atoms with Crippen molar-refractivity contribution in [2.45, 2.75) is 40.2 Å². The largest absolute Gasteiger partial charge is 0.381 e. The first-order chi connectivity index (χ1) is 13.3. The van der Waals surface area contributed by atoms with Crippen LogP contribution in [0.5, 0.6) is 0 Å². The van der Waals surface area contributed by atoms with Gasteiger partial charge in [-0.25, -0.2) is 0 Å². The number of amides is 2. The zero-order chi connectivity index (χ0) is 20.7. The van der Waals surface area contributed by atoms with Crippen LogP contribution in [-0.4, -0.2) is 86.8 Å². The molecular weight excluding hydrogens is 364 g/mol. The molecule has 28 heavy (non-hydrogen) atoms. The monoisotopic (exact) mass is 394 g/mol. The summed E-state index contributed by atoms with van der Waals surface area (Å²) in [5, 5.41) is 10.8. The Morgan fingerprint density at radius 3 is 2.54 bits per heavy atom. The van der Waals surface area contributed by atoms with Gasteiger partial charge in [-0.3, -0.25) is 14.5 Å². The van der Waals surface area contributed by atoms with Gasteiger partial charge in [-0.2, -0.15) is 0 Å². The van der Waals surface area contributed by atoms with Gasteiger partial charge in [-0.05, 0) is 30.2 Å². The summed E-state index contributed by atoms with van der Waals surface area (Å²) < 4.78 is 1.64. The van der Waals surface area contributed by atoms with Gasteiger partial charge in [0.1, 0.15) is 6.20 Å². The van der Waals surface area contributed by atoms with Crippen LogP contribution in [0.1, 0.15) is 32.5 Å². The van der Waals surface area contributed by atoms with E-state index >= 15 is 0 Å². The number of likely N-dealkylation sites (N-methyl/N-ethyl adjacent to an activating group) is 1. The van der Waals surface area contributed by atoms with Crippen LogP contribution >= 0.6 is 0 Å². The van der Waals surface area contributed by atoms with Crippen molar-refractivity contribution in [1.82, 2.24) is 24.3 Å². The van der Waals surface area contributed by atoms with E-state index < -0.39 is 4.92 Å². The summed E-state index contributed by atoms with van der Waals surface area (Å²) in [5.74, 6) is 0.472. The first-order valence-electron chi connectivity index (χ1n) is 9.81. The fourth-order valence-corrected chi connectivity index (χ4v) is 3.43. The Labute approximate surface area is 165 Å². The van der Waals surface area contributed by atoms with Crippen LogP contribution in [0.2, 0.25) is 0 Å². The van der Waals surface area contributed by atoms with Gasteiger partial charge in [0.05, 0.1) is 6.54 Å². The predicted molar refractivity (Wildman–Crippen MR) is 104 cm³/mol. The Bertz CT molecular complexity index is 700. The minimum Gasteiger partial charge on any atom is -0.358 e. The molecular formula is C18H30N6O4. The molecule has 1 aromatic heterocycles. The molecule has 0 aromatic carbocycles. The smallest absolute Gasteiger partial charge is 0.358 e. The summed E-state index contributed by atoms with van der Waals surface area (Å²) in [4.78, 5) is 44.8. The van der Waals surface area contributed by atoms with Crippen LogP contribution in [0.4, 0.5) is 5.82 Å². The highest BCUT2D eigenvalue weighted by Gasteiger charge is 2.22. The number of hydrogen-bond acceptors (Lipinski definition) is 6. The van der Waals surface area contributed by atoms with Gasteiger partial charge >= 0.3 is 5.82 Å². The van der Waals surface area contributed by atoms with Gasteiger partial charge in [-0.1, -0.05) is 0 Å². The fourth-order valence-electron chi connectivity index (χ4n) is 3.43. The van der Waals surface area contributed by atoms with Crippen molar-refractivity contribution in [3.05, 3.63) is 22.1 Å². The van der Waals surface area contributed by atoms with Crippen LogP contribution in [0.25, 0.3) is 0 Å². The van der Waals surface area contributed by atoms with Crippen LogP contribution in [0, 0.1) is 17.0 Å². The lowest BCUT2D eigenvalue weighted by molar-refractivity contribution is -0.389. The van der Waals surface area contributed by atoms with E-state index in [9.17, 15) is 19.7 Å². The maximum absolute atomic E-state index is 12.6. The number of nitro groups is 1. The predicted octanol–water partition coefficient (Wildman–Crippen LogP) is 0.893. The quantitative estimate of drug-likeness (QED) is 0.479. The van der Waals surface area contributed by atoms with Crippen molar-refractivity contribution in [3.63, 3.8) is 0 Å². The number of aromatic nitrogens is 2.